The van der Waals surface area contributed by atoms with Crippen LogP contribution >= 0.6 is 0 Å². The fraction of sp³-hybridized carbons (Fsp3) is 0.375. The molecule has 5 atom stereocenters. The number of anilines is 1. The van der Waals surface area contributed by atoms with E-state index in [1.807, 2.05) is 19.1 Å². The molecule has 0 saturated heterocycles. The van der Waals surface area contributed by atoms with Gasteiger partial charge in [-0.05, 0) is 24.6 Å². The van der Waals surface area contributed by atoms with E-state index in [1.54, 1.807) is 42.5 Å². The second-order valence-corrected chi connectivity index (χ2v) is 8.69. The maximum absolute atomic E-state index is 12.9. The number of aryl methyl sites for hydroxylation is 1. The number of aliphatic hydroxyl groups is 3. The van der Waals surface area contributed by atoms with Crippen molar-refractivity contribution >= 4 is 23.5 Å². The van der Waals surface area contributed by atoms with Crippen LogP contribution in [0.3, 0.4) is 0 Å². The molecule has 34 heavy (non-hydrogen) atoms. The van der Waals surface area contributed by atoms with E-state index in [2.05, 4.69) is 16.0 Å². The largest absolute Gasteiger partial charge is 0.390 e. The summed E-state index contributed by atoms with van der Waals surface area (Å²) in [6.45, 7) is 1.90. The summed E-state index contributed by atoms with van der Waals surface area (Å²) >= 11 is 0. The van der Waals surface area contributed by atoms with Crippen LogP contribution in [-0.4, -0.2) is 63.1 Å². The molecule has 8 N–H and O–H groups in total. The monoisotopic (exact) mass is 470 g/mol. The zero-order chi connectivity index (χ0) is 24.9. The maximum Gasteiger partial charge on any atom is 0.319 e. The van der Waals surface area contributed by atoms with E-state index < -0.39 is 54.2 Å². The highest BCUT2D eigenvalue weighted by molar-refractivity contribution is 5.92. The Bertz CT molecular complexity index is 1020. The lowest BCUT2D eigenvalue weighted by atomic mass is 9.77. The fourth-order valence-corrected chi connectivity index (χ4v) is 3.96. The lowest BCUT2D eigenvalue weighted by molar-refractivity contribution is -0.158. The highest BCUT2D eigenvalue weighted by atomic mass is 16.3. The number of primary amides is 1. The maximum atomic E-state index is 12.9. The van der Waals surface area contributed by atoms with Crippen LogP contribution in [0.1, 0.15) is 24.0 Å². The number of nitrogens with one attached hydrogen (secondary N) is 3. The summed E-state index contributed by atoms with van der Waals surface area (Å²) in [5.74, 6) is -1.71. The van der Waals surface area contributed by atoms with E-state index >= 15 is 0 Å². The van der Waals surface area contributed by atoms with Gasteiger partial charge in [-0.15, -0.1) is 0 Å². The van der Waals surface area contributed by atoms with Crippen LogP contribution in [-0.2, 0) is 16.0 Å². The van der Waals surface area contributed by atoms with Gasteiger partial charge in [0.15, 0.2) is 0 Å². The number of nitrogens with two attached hydrogens (primary N) is 1. The quantitative estimate of drug-likeness (QED) is 0.298. The Balaban J connectivity index is 1.67. The van der Waals surface area contributed by atoms with Gasteiger partial charge in [0.1, 0.15) is 17.7 Å². The zero-order valence-electron chi connectivity index (χ0n) is 18.8. The van der Waals surface area contributed by atoms with Crippen LogP contribution in [0, 0.1) is 6.92 Å². The Morgan fingerprint density at radius 3 is 2.32 bits per heavy atom. The van der Waals surface area contributed by atoms with Gasteiger partial charge in [0.2, 0.25) is 5.91 Å². The molecule has 1 fully saturated rings. The van der Waals surface area contributed by atoms with Gasteiger partial charge in [0.05, 0.1) is 12.1 Å². The minimum Gasteiger partial charge on any atom is -0.390 e. The topological polar surface area (TPSA) is 174 Å². The predicted molar refractivity (Wildman–Crippen MR) is 125 cm³/mol. The summed E-state index contributed by atoms with van der Waals surface area (Å²) in [6, 6.07) is 13.0. The van der Waals surface area contributed by atoms with Gasteiger partial charge in [-0.2, -0.15) is 0 Å². The number of benzene rings is 2. The van der Waals surface area contributed by atoms with Gasteiger partial charge in [-0.25, -0.2) is 4.79 Å². The number of carbonyl (C=O) groups excluding carboxylic acids is 3. The van der Waals surface area contributed by atoms with E-state index in [9.17, 15) is 29.7 Å². The molecule has 2 aromatic rings. The molecule has 0 radical (unpaired) electrons. The van der Waals surface area contributed by atoms with Crippen molar-refractivity contribution in [2.45, 2.75) is 56.1 Å². The highest BCUT2D eigenvalue weighted by Gasteiger charge is 2.49. The lowest BCUT2D eigenvalue weighted by Crippen LogP contribution is -2.64. The minimum atomic E-state index is -2.15. The van der Waals surface area contributed by atoms with Gasteiger partial charge >= 0.3 is 6.03 Å². The number of hydrogen-bond acceptors (Lipinski definition) is 6. The van der Waals surface area contributed by atoms with Crippen LogP contribution < -0.4 is 21.7 Å². The molecule has 1 aliphatic rings. The molecule has 0 spiro atoms. The smallest absolute Gasteiger partial charge is 0.319 e. The van der Waals surface area contributed by atoms with Gasteiger partial charge in [0.25, 0.3) is 5.91 Å². The van der Waals surface area contributed by atoms with Crippen molar-refractivity contribution in [2.24, 2.45) is 5.73 Å². The molecule has 0 aliphatic heterocycles. The molecule has 0 unspecified atom stereocenters. The number of hydrogen-bond donors (Lipinski definition) is 7. The van der Waals surface area contributed by atoms with Crippen molar-refractivity contribution in [1.29, 1.82) is 0 Å². The van der Waals surface area contributed by atoms with Gasteiger partial charge in [-0.3, -0.25) is 9.59 Å². The fourth-order valence-electron chi connectivity index (χ4n) is 3.96. The molecular formula is C24H30N4O6. The highest BCUT2D eigenvalue weighted by Crippen LogP contribution is 2.30. The van der Waals surface area contributed by atoms with Crippen molar-refractivity contribution in [1.82, 2.24) is 10.6 Å². The molecule has 0 aromatic heterocycles. The Morgan fingerprint density at radius 2 is 1.71 bits per heavy atom. The number of carbonyl (C=O) groups is 3. The first-order chi connectivity index (χ1) is 16.1. The van der Waals surface area contributed by atoms with Gasteiger partial charge < -0.3 is 37.0 Å². The molecule has 0 heterocycles. The minimum absolute atomic E-state index is 0.115. The van der Waals surface area contributed by atoms with E-state index in [0.29, 0.717) is 5.69 Å². The van der Waals surface area contributed by atoms with Crippen molar-refractivity contribution in [3.63, 3.8) is 0 Å². The molecule has 1 saturated carbocycles. The Labute approximate surface area is 197 Å². The molecular weight excluding hydrogens is 440 g/mol. The molecule has 4 amide bonds. The van der Waals surface area contributed by atoms with E-state index in [0.717, 1.165) is 11.1 Å². The average Bonchev–Trinajstić information content (AvgIpc) is 2.79. The van der Waals surface area contributed by atoms with E-state index in [-0.39, 0.29) is 12.8 Å². The lowest BCUT2D eigenvalue weighted by Gasteiger charge is -2.41. The first-order valence-corrected chi connectivity index (χ1v) is 10.9. The second kappa shape index (κ2) is 10.6. The normalized spacial score (nSPS) is 25.1. The summed E-state index contributed by atoms with van der Waals surface area (Å²) in [6.07, 6.45) is -3.64. The predicted octanol–water partition coefficient (Wildman–Crippen LogP) is -0.0554. The van der Waals surface area contributed by atoms with Gasteiger partial charge in [0, 0.05) is 24.9 Å². The van der Waals surface area contributed by atoms with Crippen LogP contribution in [0.4, 0.5) is 10.5 Å². The summed E-state index contributed by atoms with van der Waals surface area (Å²) in [5.41, 5.74) is 5.56. The third-order valence-corrected chi connectivity index (χ3v) is 5.89. The van der Waals surface area contributed by atoms with Crippen molar-refractivity contribution in [2.75, 3.05) is 5.32 Å². The third kappa shape index (κ3) is 6.31. The van der Waals surface area contributed by atoms with Crippen LogP contribution in [0.5, 0.6) is 0 Å². The van der Waals surface area contributed by atoms with Crippen molar-refractivity contribution < 1.29 is 29.7 Å². The molecule has 10 heteroatoms. The summed E-state index contributed by atoms with van der Waals surface area (Å²) in [7, 11) is 0. The van der Waals surface area contributed by atoms with Crippen molar-refractivity contribution in [3.05, 3.63) is 65.7 Å². The third-order valence-electron chi connectivity index (χ3n) is 5.89. The molecule has 10 nitrogen and oxygen atoms in total. The SMILES string of the molecule is Cc1ccc(NC(=O)N[C@H]2C[C@@](O)(C(=O)N[C@H](Cc3ccccc3)C(N)=O)C[C@@H](O)[C@@H]2O)cc1. The Hall–Kier alpha value is -3.47. The number of urea groups is 1. The van der Waals surface area contributed by atoms with Gasteiger partial charge in [-0.1, -0.05) is 48.0 Å². The Kier molecular flexibility index (Phi) is 7.87. The Morgan fingerprint density at radius 1 is 1.06 bits per heavy atom. The molecule has 1 aliphatic carbocycles. The first kappa shape index (κ1) is 25.2. The summed E-state index contributed by atoms with van der Waals surface area (Å²) in [5, 5.41) is 39.2. The van der Waals surface area contributed by atoms with E-state index in [4.69, 9.17) is 5.73 Å². The number of rotatable bonds is 7. The van der Waals surface area contributed by atoms with Crippen LogP contribution in [0.2, 0.25) is 0 Å². The van der Waals surface area contributed by atoms with E-state index in [1.165, 1.54) is 0 Å². The molecule has 0 bridgehead atoms. The molecule has 2 aromatic carbocycles. The standard InChI is InChI=1S/C24H30N4O6/c1-14-7-9-16(10-8-14)26-23(33)28-18-12-24(34,13-19(29)20(18)30)22(32)27-17(21(25)31)11-15-5-3-2-4-6-15/h2-10,17-20,29-30,34H,11-13H2,1H3,(H2,25,31)(H,27,32)(H2,26,28,33)/t17-,18+,19-,20-,24+/m1/s1. The number of aliphatic hydroxyl groups excluding tert-OH is 2. The van der Waals surface area contributed by atoms with Crippen LogP contribution in [0.25, 0.3) is 0 Å². The van der Waals surface area contributed by atoms with Crippen molar-refractivity contribution in [3.8, 4) is 0 Å². The molecule has 182 valence electrons. The zero-order valence-corrected chi connectivity index (χ0v) is 18.8. The average molecular weight is 471 g/mol. The summed E-state index contributed by atoms with van der Waals surface area (Å²) in [4.78, 5) is 37.3. The van der Waals surface area contributed by atoms with Crippen LogP contribution in [0.15, 0.2) is 54.6 Å². The first-order valence-electron chi connectivity index (χ1n) is 10.9. The number of amides is 4. The summed E-state index contributed by atoms with van der Waals surface area (Å²) < 4.78 is 0. The second-order valence-electron chi connectivity index (χ2n) is 8.69. The molecule has 3 rings (SSSR count).